The van der Waals surface area contributed by atoms with Gasteiger partial charge in [0.2, 0.25) is 0 Å². The smallest absolute Gasteiger partial charge is 0.110 e. The van der Waals surface area contributed by atoms with Crippen molar-refractivity contribution in [3.8, 4) is 0 Å². The number of thioether (sulfide) groups is 2. The van der Waals surface area contributed by atoms with Crippen molar-refractivity contribution in [3.05, 3.63) is 35.9 Å². The first-order valence-electron chi connectivity index (χ1n) is 6.49. The van der Waals surface area contributed by atoms with Gasteiger partial charge in [-0.25, -0.2) is 0 Å². The molecular formula is C14H21NO3S2. The highest BCUT2D eigenvalue weighted by atomic mass is 32.2. The first-order valence-corrected chi connectivity index (χ1v) is 9.07. The molecular weight excluding hydrogens is 294 g/mol. The third kappa shape index (κ3) is 3.16. The molecule has 3 N–H and O–H groups in total. The zero-order chi connectivity index (χ0) is 14.7. The summed E-state index contributed by atoms with van der Waals surface area (Å²) in [5, 5.41) is 29.9. The maximum atomic E-state index is 10.2. The Morgan fingerprint density at radius 1 is 0.900 bits per heavy atom. The molecule has 1 saturated heterocycles. The minimum Gasteiger partial charge on any atom is -0.388 e. The number of aliphatic hydroxyl groups is 3. The molecule has 112 valence electrons. The van der Waals surface area contributed by atoms with Crippen molar-refractivity contribution < 1.29 is 15.3 Å². The summed E-state index contributed by atoms with van der Waals surface area (Å²) in [6.45, 7) is 0.638. The maximum absolute atomic E-state index is 10.2. The van der Waals surface area contributed by atoms with E-state index in [4.69, 9.17) is 0 Å². The Morgan fingerprint density at radius 2 is 1.40 bits per heavy atom. The molecule has 4 nitrogen and oxygen atoms in total. The Labute approximate surface area is 128 Å². The van der Waals surface area contributed by atoms with Crippen LogP contribution in [0.2, 0.25) is 0 Å². The molecule has 6 heteroatoms. The largest absolute Gasteiger partial charge is 0.388 e. The van der Waals surface area contributed by atoms with E-state index in [1.54, 1.807) is 0 Å². The van der Waals surface area contributed by atoms with E-state index in [-0.39, 0.29) is 10.7 Å². The van der Waals surface area contributed by atoms with Crippen molar-refractivity contribution in [2.45, 2.75) is 35.6 Å². The molecule has 0 spiro atoms. The molecule has 0 aliphatic carbocycles. The number of hydrogen-bond acceptors (Lipinski definition) is 6. The SMILES string of the molecule is CS[C@@H]1[C@H](O)C(O)[C@H](O)[C@H](SC)N1Cc1ccccc1. The normalized spacial score (nSPS) is 35.1. The second kappa shape index (κ2) is 7.15. The molecule has 0 aromatic heterocycles. The van der Waals surface area contributed by atoms with E-state index in [1.165, 1.54) is 23.5 Å². The minimum absolute atomic E-state index is 0.231. The molecule has 20 heavy (non-hydrogen) atoms. The highest BCUT2D eigenvalue weighted by Crippen LogP contribution is 2.35. The number of rotatable bonds is 4. The van der Waals surface area contributed by atoms with Gasteiger partial charge < -0.3 is 15.3 Å². The molecule has 0 saturated carbocycles. The Hall–Kier alpha value is -0.240. The van der Waals surface area contributed by atoms with Gasteiger partial charge in [-0.15, -0.1) is 23.5 Å². The summed E-state index contributed by atoms with van der Waals surface area (Å²) in [6, 6.07) is 9.97. The zero-order valence-electron chi connectivity index (χ0n) is 11.6. The van der Waals surface area contributed by atoms with E-state index in [9.17, 15) is 15.3 Å². The number of aliphatic hydroxyl groups excluding tert-OH is 3. The van der Waals surface area contributed by atoms with Crippen LogP contribution >= 0.6 is 23.5 Å². The van der Waals surface area contributed by atoms with Gasteiger partial charge in [-0.1, -0.05) is 30.3 Å². The molecule has 0 bridgehead atoms. The van der Waals surface area contributed by atoms with Gasteiger partial charge in [0.05, 0.1) is 10.7 Å². The van der Waals surface area contributed by atoms with Gasteiger partial charge in [-0.05, 0) is 18.1 Å². The van der Waals surface area contributed by atoms with Gasteiger partial charge in [-0.3, -0.25) is 4.90 Å². The van der Waals surface area contributed by atoms with E-state index >= 15 is 0 Å². The lowest BCUT2D eigenvalue weighted by Gasteiger charge is -2.48. The molecule has 5 atom stereocenters. The molecule has 1 fully saturated rings. The number of piperidine rings is 1. The van der Waals surface area contributed by atoms with E-state index in [0.29, 0.717) is 6.54 Å². The third-order valence-electron chi connectivity index (χ3n) is 3.63. The number of benzene rings is 1. The highest BCUT2D eigenvalue weighted by molar-refractivity contribution is 8.00. The van der Waals surface area contributed by atoms with Crippen LogP contribution in [0, 0.1) is 0 Å². The number of likely N-dealkylation sites (tertiary alicyclic amines) is 1. The average molecular weight is 315 g/mol. The monoisotopic (exact) mass is 315 g/mol. The van der Waals surface area contributed by atoms with Crippen LogP contribution in [0.1, 0.15) is 5.56 Å². The van der Waals surface area contributed by atoms with Crippen LogP contribution < -0.4 is 0 Å². The first-order chi connectivity index (χ1) is 9.60. The Balaban J connectivity index is 2.25. The quantitative estimate of drug-likeness (QED) is 0.769. The average Bonchev–Trinajstić information content (AvgIpc) is 2.47. The molecule has 1 heterocycles. The lowest BCUT2D eigenvalue weighted by Crippen LogP contribution is -2.63. The van der Waals surface area contributed by atoms with Crippen molar-refractivity contribution in [3.63, 3.8) is 0 Å². The third-order valence-corrected chi connectivity index (χ3v) is 5.69. The van der Waals surface area contributed by atoms with Crippen molar-refractivity contribution >= 4 is 23.5 Å². The highest BCUT2D eigenvalue weighted by Gasteiger charge is 2.47. The molecule has 1 aromatic carbocycles. The van der Waals surface area contributed by atoms with E-state index < -0.39 is 18.3 Å². The van der Waals surface area contributed by atoms with Crippen molar-refractivity contribution in [1.29, 1.82) is 0 Å². The summed E-state index contributed by atoms with van der Waals surface area (Å²) >= 11 is 3.00. The van der Waals surface area contributed by atoms with E-state index in [1.807, 2.05) is 42.8 Å². The molecule has 0 amide bonds. The van der Waals surface area contributed by atoms with Gasteiger partial charge in [0.1, 0.15) is 18.3 Å². The minimum atomic E-state index is -1.10. The van der Waals surface area contributed by atoms with Crippen LogP contribution in [-0.2, 0) is 6.54 Å². The van der Waals surface area contributed by atoms with Crippen molar-refractivity contribution in [2.24, 2.45) is 0 Å². The lowest BCUT2D eigenvalue weighted by atomic mass is 10.0. The molecule has 2 rings (SSSR count). The summed E-state index contributed by atoms with van der Waals surface area (Å²) in [4.78, 5) is 2.06. The number of nitrogens with zero attached hydrogens (tertiary/aromatic N) is 1. The lowest BCUT2D eigenvalue weighted by molar-refractivity contribution is -0.127. The Morgan fingerprint density at radius 3 is 1.85 bits per heavy atom. The van der Waals surface area contributed by atoms with E-state index in [0.717, 1.165) is 5.56 Å². The van der Waals surface area contributed by atoms with Gasteiger partial charge in [-0.2, -0.15) is 0 Å². The summed E-state index contributed by atoms with van der Waals surface area (Å²) in [5.74, 6) is 0. The predicted octanol–water partition coefficient (Wildman–Crippen LogP) is 0.963. The fourth-order valence-corrected chi connectivity index (χ4v) is 4.51. The van der Waals surface area contributed by atoms with Crippen molar-refractivity contribution in [1.82, 2.24) is 4.90 Å². The number of hydrogen-bond donors (Lipinski definition) is 3. The molecule has 1 aliphatic rings. The standard InChI is InChI=1S/C14H21NO3S2/c1-19-13-11(17)10(16)12(18)14(20-2)15(13)8-9-6-4-3-5-7-9/h3-7,10-14,16-18H,8H2,1-2H3/t10?,11-,12+,13-,14+. The zero-order valence-corrected chi connectivity index (χ0v) is 13.2. The second-order valence-electron chi connectivity index (χ2n) is 4.88. The van der Waals surface area contributed by atoms with Gasteiger partial charge in [0.25, 0.3) is 0 Å². The van der Waals surface area contributed by atoms with Crippen molar-refractivity contribution in [2.75, 3.05) is 12.5 Å². The molecule has 1 aromatic rings. The first kappa shape index (κ1) is 16.1. The Kier molecular flexibility index (Phi) is 5.77. The van der Waals surface area contributed by atoms with Crippen LogP contribution in [0.25, 0.3) is 0 Å². The summed E-state index contributed by atoms with van der Waals surface area (Å²) in [6.07, 6.45) is 0.817. The fraction of sp³-hybridized carbons (Fsp3) is 0.571. The van der Waals surface area contributed by atoms with Crippen LogP contribution in [0.15, 0.2) is 30.3 Å². The molecule has 1 aliphatic heterocycles. The van der Waals surface area contributed by atoms with E-state index in [2.05, 4.69) is 4.90 Å². The summed E-state index contributed by atoms with van der Waals surface area (Å²) in [5.41, 5.74) is 1.13. The summed E-state index contributed by atoms with van der Waals surface area (Å²) in [7, 11) is 0. The van der Waals surface area contributed by atoms with Gasteiger partial charge in [0, 0.05) is 6.54 Å². The predicted molar refractivity (Wildman–Crippen MR) is 84.6 cm³/mol. The fourth-order valence-electron chi connectivity index (χ4n) is 2.60. The summed E-state index contributed by atoms with van der Waals surface area (Å²) < 4.78 is 0. The molecule has 0 radical (unpaired) electrons. The van der Waals surface area contributed by atoms with Crippen LogP contribution in [0.3, 0.4) is 0 Å². The van der Waals surface area contributed by atoms with Crippen LogP contribution in [0.5, 0.6) is 0 Å². The second-order valence-corrected chi connectivity index (χ2v) is 6.79. The topological polar surface area (TPSA) is 63.9 Å². The van der Waals surface area contributed by atoms with Crippen LogP contribution in [-0.4, -0.2) is 61.8 Å². The Bertz CT molecular complexity index is 402. The van der Waals surface area contributed by atoms with Gasteiger partial charge >= 0.3 is 0 Å². The van der Waals surface area contributed by atoms with Crippen LogP contribution in [0.4, 0.5) is 0 Å². The maximum Gasteiger partial charge on any atom is 0.110 e. The van der Waals surface area contributed by atoms with Gasteiger partial charge in [0.15, 0.2) is 0 Å². The molecule has 1 unspecified atom stereocenters.